The SMILES string of the molecule is O=C(O)c1ccc(-c2c([N+](=O)[O-])cccc2C(F)(F)F)c([N+](=O)[O-])c1. The fourth-order valence-corrected chi connectivity index (χ4v) is 2.24. The zero-order chi connectivity index (χ0) is 18.9. The highest BCUT2D eigenvalue weighted by atomic mass is 19.4. The first-order chi connectivity index (χ1) is 11.5. The number of hydrogen-bond donors (Lipinski definition) is 1. The molecule has 0 aliphatic rings. The van der Waals surface area contributed by atoms with E-state index < -0.39 is 55.6 Å². The van der Waals surface area contributed by atoms with E-state index in [1.165, 1.54) is 0 Å². The molecule has 0 bridgehead atoms. The van der Waals surface area contributed by atoms with E-state index in [0.29, 0.717) is 12.1 Å². The smallest absolute Gasteiger partial charge is 0.417 e. The average molecular weight is 356 g/mol. The first kappa shape index (κ1) is 17.8. The number of aromatic carboxylic acids is 1. The summed E-state index contributed by atoms with van der Waals surface area (Å²) in [6.07, 6.45) is -5.01. The number of carboxylic acids is 1. The van der Waals surface area contributed by atoms with Crippen molar-refractivity contribution in [1.29, 1.82) is 0 Å². The Morgan fingerprint density at radius 3 is 2.08 bits per heavy atom. The number of nitrogens with zero attached hydrogens (tertiary/aromatic N) is 2. The molecule has 0 unspecified atom stereocenters. The van der Waals surface area contributed by atoms with Crippen molar-refractivity contribution in [2.45, 2.75) is 6.18 Å². The lowest BCUT2D eigenvalue weighted by atomic mass is 9.95. The summed E-state index contributed by atoms with van der Waals surface area (Å²) in [6, 6.07) is 4.27. The van der Waals surface area contributed by atoms with Gasteiger partial charge in [-0.25, -0.2) is 4.79 Å². The number of halogens is 3. The normalized spacial score (nSPS) is 11.2. The molecule has 0 heterocycles. The van der Waals surface area contributed by atoms with Crippen LogP contribution in [0.4, 0.5) is 24.5 Å². The van der Waals surface area contributed by atoms with E-state index in [1.807, 2.05) is 0 Å². The van der Waals surface area contributed by atoms with Crippen LogP contribution < -0.4 is 0 Å². The third-order valence-corrected chi connectivity index (χ3v) is 3.26. The molecule has 0 aromatic heterocycles. The van der Waals surface area contributed by atoms with Gasteiger partial charge in [-0.3, -0.25) is 20.2 Å². The number of benzene rings is 2. The van der Waals surface area contributed by atoms with Crippen LogP contribution in [0.3, 0.4) is 0 Å². The van der Waals surface area contributed by atoms with E-state index >= 15 is 0 Å². The Labute approximate surface area is 136 Å². The predicted molar refractivity (Wildman–Crippen MR) is 77.1 cm³/mol. The fourth-order valence-electron chi connectivity index (χ4n) is 2.24. The Morgan fingerprint density at radius 2 is 1.60 bits per heavy atom. The van der Waals surface area contributed by atoms with Crippen molar-refractivity contribution >= 4 is 17.3 Å². The fraction of sp³-hybridized carbons (Fsp3) is 0.0714. The molecule has 2 aromatic rings. The maximum Gasteiger partial charge on any atom is 0.417 e. The van der Waals surface area contributed by atoms with E-state index in [-0.39, 0.29) is 0 Å². The summed E-state index contributed by atoms with van der Waals surface area (Å²) < 4.78 is 39.7. The molecule has 0 radical (unpaired) electrons. The lowest BCUT2D eigenvalue weighted by Crippen LogP contribution is -2.10. The molecule has 2 aromatic carbocycles. The van der Waals surface area contributed by atoms with Crippen molar-refractivity contribution < 1.29 is 32.9 Å². The van der Waals surface area contributed by atoms with Crippen LogP contribution in [0.2, 0.25) is 0 Å². The maximum atomic E-state index is 13.2. The quantitative estimate of drug-likeness (QED) is 0.655. The second-order valence-corrected chi connectivity index (χ2v) is 4.75. The standard InChI is InChI=1S/C14H7F3N2O6/c15-14(16,17)9-2-1-3-10(18(22)23)12(9)8-5-4-7(13(20)21)6-11(8)19(24)25/h1-6H,(H,20,21). The summed E-state index contributed by atoms with van der Waals surface area (Å²) in [5.74, 6) is -1.53. The Kier molecular flexibility index (Phi) is 4.42. The van der Waals surface area contributed by atoms with Crippen LogP contribution in [0.15, 0.2) is 36.4 Å². The van der Waals surface area contributed by atoms with Gasteiger partial charge in [-0.05, 0) is 18.2 Å². The van der Waals surface area contributed by atoms with Gasteiger partial charge in [0.05, 0.1) is 32.1 Å². The van der Waals surface area contributed by atoms with Crippen molar-refractivity contribution in [2.75, 3.05) is 0 Å². The summed E-state index contributed by atoms with van der Waals surface area (Å²) in [6.45, 7) is 0. The minimum Gasteiger partial charge on any atom is -0.478 e. The summed E-state index contributed by atoms with van der Waals surface area (Å²) in [5, 5.41) is 31.1. The molecule has 8 nitrogen and oxygen atoms in total. The summed E-state index contributed by atoms with van der Waals surface area (Å²) in [7, 11) is 0. The zero-order valence-electron chi connectivity index (χ0n) is 12.0. The van der Waals surface area contributed by atoms with Crippen molar-refractivity contribution in [3.63, 3.8) is 0 Å². The van der Waals surface area contributed by atoms with Gasteiger partial charge < -0.3 is 5.11 Å². The second kappa shape index (κ2) is 6.19. The minimum absolute atomic E-state index is 0.539. The molecule has 0 saturated heterocycles. The topological polar surface area (TPSA) is 124 Å². The van der Waals surface area contributed by atoms with Gasteiger partial charge in [-0.1, -0.05) is 6.07 Å². The third kappa shape index (κ3) is 3.39. The highest BCUT2D eigenvalue weighted by Crippen LogP contribution is 2.44. The number of nitro groups is 2. The lowest BCUT2D eigenvalue weighted by molar-refractivity contribution is -0.386. The van der Waals surface area contributed by atoms with Gasteiger partial charge in [-0.2, -0.15) is 13.2 Å². The Balaban J connectivity index is 2.93. The van der Waals surface area contributed by atoms with Gasteiger partial charge >= 0.3 is 12.1 Å². The first-order valence-corrected chi connectivity index (χ1v) is 6.40. The molecule has 0 aliphatic carbocycles. The molecular weight excluding hydrogens is 349 g/mol. The van der Waals surface area contributed by atoms with Gasteiger partial charge in [0.15, 0.2) is 0 Å². The van der Waals surface area contributed by atoms with E-state index in [2.05, 4.69) is 0 Å². The summed E-state index contributed by atoms with van der Waals surface area (Å²) >= 11 is 0. The van der Waals surface area contributed by atoms with Crippen molar-refractivity contribution in [1.82, 2.24) is 0 Å². The van der Waals surface area contributed by atoms with Gasteiger partial charge in [-0.15, -0.1) is 0 Å². The molecule has 0 atom stereocenters. The van der Waals surface area contributed by atoms with Crippen molar-refractivity contribution in [2.24, 2.45) is 0 Å². The molecule has 0 spiro atoms. The highest BCUT2D eigenvalue weighted by molar-refractivity contribution is 5.92. The summed E-state index contributed by atoms with van der Waals surface area (Å²) in [5.41, 5.74) is -5.64. The van der Waals surface area contributed by atoms with Crippen LogP contribution in [-0.4, -0.2) is 20.9 Å². The Morgan fingerprint density at radius 1 is 1.00 bits per heavy atom. The molecule has 0 saturated carbocycles. The van der Waals surface area contributed by atoms with Gasteiger partial charge in [0.2, 0.25) is 0 Å². The van der Waals surface area contributed by atoms with Crippen LogP contribution in [0.1, 0.15) is 15.9 Å². The monoisotopic (exact) mass is 356 g/mol. The maximum absolute atomic E-state index is 13.2. The first-order valence-electron chi connectivity index (χ1n) is 6.40. The highest BCUT2D eigenvalue weighted by Gasteiger charge is 2.39. The van der Waals surface area contributed by atoms with E-state index in [4.69, 9.17) is 5.11 Å². The number of alkyl halides is 3. The number of carboxylic acid groups (broad SMARTS) is 1. The molecule has 1 N–H and O–H groups in total. The summed E-state index contributed by atoms with van der Waals surface area (Å²) in [4.78, 5) is 31.0. The zero-order valence-corrected chi connectivity index (χ0v) is 12.0. The van der Waals surface area contributed by atoms with Crippen molar-refractivity contribution in [3.8, 4) is 11.1 Å². The molecule has 0 aliphatic heterocycles. The molecule has 25 heavy (non-hydrogen) atoms. The van der Waals surface area contributed by atoms with Crippen LogP contribution >= 0.6 is 0 Å². The van der Waals surface area contributed by atoms with Crippen molar-refractivity contribution in [3.05, 3.63) is 67.8 Å². The van der Waals surface area contributed by atoms with Gasteiger partial charge in [0.1, 0.15) is 0 Å². The number of nitro benzene ring substituents is 2. The second-order valence-electron chi connectivity index (χ2n) is 4.75. The molecule has 11 heteroatoms. The average Bonchev–Trinajstić information content (AvgIpc) is 2.52. The number of rotatable bonds is 4. The Hall–Kier alpha value is -3.50. The van der Waals surface area contributed by atoms with Gasteiger partial charge in [0.25, 0.3) is 11.4 Å². The van der Waals surface area contributed by atoms with Gasteiger partial charge in [0, 0.05) is 12.1 Å². The van der Waals surface area contributed by atoms with E-state index in [9.17, 15) is 38.2 Å². The third-order valence-electron chi connectivity index (χ3n) is 3.26. The van der Waals surface area contributed by atoms with E-state index in [0.717, 1.165) is 24.3 Å². The number of hydrogen-bond acceptors (Lipinski definition) is 5. The van der Waals surface area contributed by atoms with Crippen LogP contribution in [0.5, 0.6) is 0 Å². The predicted octanol–water partition coefficient (Wildman–Crippen LogP) is 3.89. The molecule has 0 amide bonds. The van der Waals surface area contributed by atoms with E-state index in [1.54, 1.807) is 0 Å². The molecule has 2 rings (SSSR count). The Bertz CT molecular complexity index is 895. The van der Waals surface area contributed by atoms with Crippen LogP contribution in [0, 0.1) is 20.2 Å². The molecule has 0 fully saturated rings. The van der Waals surface area contributed by atoms with Crippen LogP contribution in [-0.2, 0) is 6.18 Å². The molecule has 130 valence electrons. The largest absolute Gasteiger partial charge is 0.478 e. The number of carbonyl (C=O) groups is 1. The van der Waals surface area contributed by atoms with Crippen LogP contribution in [0.25, 0.3) is 11.1 Å². The molecular formula is C14H7F3N2O6. The minimum atomic E-state index is -5.01. The lowest BCUT2D eigenvalue weighted by Gasteiger charge is -2.13.